The first-order valence-corrected chi connectivity index (χ1v) is 5.94. The lowest BCUT2D eigenvalue weighted by Crippen LogP contribution is -2.37. The summed E-state index contributed by atoms with van der Waals surface area (Å²) in [7, 11) is 0. The van der Waals surface area contributed by atoms with E-state index < -0.39 is 11.7 Å². The summed E-state index contributed by atoms with van der Waals surface area (Å²) in [5.41, 5.74) is 0.406. The standard InChI is InChI=1S/C12H14BrNO2/c1-3-8(2)14-12(16)11(15)9-4-6-10(13)7-5-9/h4-8H,3H2,1-2H3,(H,14,16). The van der Waals surface area contributed by atoms with Crippen LogP contribution >= 0.6 is 15.9 Å². The zero-order valence-corrected chi connectivity index (χ0v) is 10.9. The first-order valence-electron chi connectivity index (χ1n) is 5.15. The van der Waals surface area contributed by atoms with Gasteiger partial charge in [-0.2, -0.15) is 0 Å². The smallest absolute Gasteiger partial charge is 0.292 e. The Kier molecular flexibility index (Phi) is 4.68. The van der Waals surface area contributed by atoms with E-state index in [0.29, 0.717) is 5.56 Å². The summed E-state index contributed by atoms with van der Waals surface area (Å²) in [4.78, 5) is 23.2. The van der Waals surface area contributed by atoms with E-state index in [4.69, 9.17) is 0 Å². The molecular weight excluding hydrogens is 270 g/mol. The monoisotopic (exact) mass is 283 g/mol. The van der Waals surface area contributed by atoms with E-state index in [2.05, 4.69) is 21.2 Å². The highest BCUT2D eigenvalue weighted by Crippen LogP contribution is 2.11. The van der Waals surface area contributed by atoms with Crippen LogP contribution in [0.25, 0.3) is 0 Å². The lowest BCUT2D eigenvalue weighted by molar-refractivity contribution is -0.117. The zero-order chi connectivity index (χ0) is 12.1. The van der Waals surface area contributed by atoms with Gasteiger partial charge in [-0.1, -0.05) is 22.9 Å². The molecule has 3 nitrogen and oxygen atoms in total. The molecule has 0 heterocycles. The lowest BCUT2D eigenvalue weighted by atomic mass is 10.1. The number of rotatable bonds is 4. The average molecular weight is 284 g/mol. The van der Waals surface area contributed by atoms with Crippen LogP contribution in [0.4, 0.5) is 0 Å². The van der Waals surface area contributed by atoms with Gasteiger partial charge in [-0.25, -0.2) is 0 Å². The molecular formula is C12H14BrNO2. The Morgan fingerprint density at radius 3 is 2.38 bits per heavy atom. The van der Waals surface area contributed by atoms with Gasteiger partial charge >= 0.3 is 0 Å². The van der Waals surface area contributed by atoms with Gasteiger partial charge in [0.1, 0.15) is 0 Å². The van der Waals surface area contributed by atoms with Gasteiger partial charge in [0.05, 0.1) is 0 Å². The van der Waals surface area contributed by atoms with Crippen molar-refractivity contribution >= 4 is 27.6 Å². The minimum atomic E-state index is -0.545. The third-order valence-electron chi connectivity index (χ3n) is 2.30. The van der Waals surface area contributed by atoms with Crippen LogP contribution in [0.3, 0.4) is 0 Å². The molecule has 0 aliphatic heterocycles. The predicted octanol–water partition coefficient (Wildman–Crippen LogP) is 2.55. The minimum Gasteiger partial charge on any atom is -0.347 e. The normalized spacial score (nSPS) is 11.9. The third kappa shape index (κ3) is 3.45. The van der Waals surface area contributed by atoms with Crippen LogP contribution < -0.4 is 5.32 Å². The number of halogens is 1. The molecule has 0 aliphatic carbocycles. The molecule has 0 bridgehead atoms. The van der Waals surface area contributed by atoms with Crippen LogP contribution in [0, 0.1) is 0 Å². The number of carbonyl (C=O) groups is 2. The number of hydrogen-bond acceptors (Lipinski definition) is 2. The number of Topliss-reactive ketones (excluding diaryl/α,β-unsaturated/α-hetero) is 1. The molecule has 1 rings (SSSR count). The molecule has 1 amide bonds. The second kappa shape index (κ2) is 5.80. The first kappa shape index (κ1) is 12.9. The van der Waals surface area contributed by atoms with Crippen molar-refractivity contribution in [1.82, 2.24) is 5.32 Å². The van der Waals surface area contributed by atoms with Crippen molar-refractivity contribution in [3.8, 4) is 0 Å². The maximum atomic E-state index is 11.7. The number of nitrogens with one attached hydrogen (secondary N) is 1. The molecule has 0 saturated heterocycles. The van der Waals surface area contributed by atoms with Gasteiger partial charge in [0.15, 0.2) is 0 Å². The summed E-state index contributed by atoms with van der Waals surface area (Å²) in [5, 5.41) is 2.64. The molecule has 1 unspecified atom stereocenters. The van der Waals surface area contributed by atoms with E-state index >= 15 is 0 Å². The number of carbonyl (C=O) groups excluding carboxylic acids is 2. The van der Waals surface area contributed by atoms with E-state index in [1.54, 1.807) is 24.3 Å². The maximum Gasteiger partial charge on any atom is 0.292 e. The Balaban J connectivity index is 2.71. The number of hydrogen-bond donors (Lipinski definition) is 1. The van der Waals surface area contributed by atoms with Crippen molar-refractivity contribution in [1.29, 1.82) is 0 Å². The van der Waals surface area contributed by atoms with Crippen molar-refractivity contribution in [2.45, 2.75) is 26.3 Å². The van der Waals surface area contributed by atoms with Crippen molar-refractivity contribution in [2.75, 3.05) is 0 Å². The van der Waals surface area contributed by atoms with Gasteiger partial charge in [-0.15, -0.1) is 0 Å². The molecule has 1 N–H and O–H groups in total. The van der Waals surface area contributed by atoms with E-state index in [9.17, 15) is 9.59 Å². The molecule has 0 radical (unpaired) electrons. The Labute approximate surface area is 103 Å². The zero-order valence-electron chi connectivity index (χ0n) is 9.29. The highest BCUT2D eigenvalue weighted by molar-refractivity contribution is 9.10. The molecule has 1 aromatic rings. The average Bonchev–Trinajstić information content (AvgIpc) is 2.28. The Morgan fingerprint density at radius 1 is 1.31 bits per heavy atom. The van der Waals surface area contributed by atoms with Crippen molar-refractivity contribution in [3.63, 3.8) is 0 Å². The SMILES string of the molecule is CCC(C)NC(=O)C(=O)c1ccc(Br)cc1. The van der Waals surface area contributed by atoms with Gasteiger partial charge < -0.3 is 5.32 Å². The third-order valence-corrected chi connectivity index (χ3v) is 2.83. The molecule has 0 spiro atoms. The number of ketones is 1. The molecule has 0 aromatic heterocycles. The second-order valence-corrected chi connectivity index (χ2v) is 4.53. The van der Waals surface area contributed by atoms with Gasteiger partial charge in [0.25, 0.3) is 5.91 Å². The molecule has 86 valence electrons. The van der Waals surface area contributed by atoms with Crippen molar-refractivity contribution in [3.05, 3.63) is 34.3 Å². The van der Waals surface area contributed by atoms with Crippen molar-refractivity contribution in [2.24, 2.45) is 0 Å². The summed E-state index contributed by atoms with van der Waals surface area (Å²) < 4.78 is 0.881. The molecule has 4 heteroatoms. The summed E-state index contributed by atoms with van der Waals surface area (Å²) in [5.74, 6) is -1.04. The number of benzene rings is 1. The van der Waals surface area contributed by atoms with E-state index in [1.165, 1.54) is 0 Å². The van der Waals surface area contributed by atoms with Crippen LogP contribution in [0.15, 0.2) is 28.7 Å². The summed E-state index contributed by atoms with van der Waals surface area (Å²) in [6.07, 6.45) is 0.805. The van der Waals surface area contributed by atoms with E-state index in [-0.39, 0.29) is 6.04 Å². The highest BCUT2D eigenvalue weighted by atomic mass is 79.9. The largest absolute Gasteiger partial charge is 0.347 e. The Hall–Kier alpha value is -1.16. The fourth-order valence-corrected chi connectivity index (χ4v) is 1.39. The highest BCUT2D eigenvalue weighted by Gasteiger charge is 2.17. The van der Waals surface area contributed by atoms with E-state index in [1.807, 2.05) is 13.8 Å². The van der Waals surface area contributed by atoms with E-state index in [0.717, 1.165) is 10.9 Å². The lowest BCUT2D eigenvalue weighted by Gasteiger charge is -2.10. The fraction of sp³-hybridized carbons (Fsp3) is 0.333. The quantitative estimate of drug-likeness (QED) is 0.682. The fourth-order valence-electron chi connectivity index (χ4n) is 1.12. The first-order chi connectivity index (χ1) is 7.54. The molecule has 16 heavy (non-hydrogen) atoms. The molecule has 0 fully saturated rings. The minimum absolute atomic E-state index is 0.0203. The van der Waals surface area contributed by atoms with Crippen LogP contribution in [-0.2, 0) is 4.79 Å². The predicted molar refractivity (Wildman–Crippen MR) is 66.4 cm³/mol. The molecule has 1 atom stereocenters. The van der Waals surface area contributed by atoms with Gasteiger partial charge in [-0.05, 0) is 37.6 Å². The Morgan fingerprint density at radius 2 is 1.88 bits per heavy atom. The van der Waals surface area contributed by atoms with Crippen LogP contribution in [0.5, 0.6) is 0 Å². The summed E-state index contributed by atoms with van der Waals surface area (Å²) in [6, 6.07) is 6.76. The summed E-state index contributed by atoms with van der Waals surface area (Å²) in [6.45, 7) is 3.82. The van der Waals surface area contributed by atoms with Gasteiger partial charge in [0, 0.05) is 16.1 Å². The second-order valence-electron chi connectivity index (χ2n) is 3.62. The van der Waals surface area contributed by atoms with Crippen molar-refractivity contribution < 1.29 is 9.59 Å². The van der Waals surface area contributed by atoms with Gasteiger partial charge in [0.2, 0.25) is 5.78 Å². The summed E-state index contributed by atoms with van der Waals surface area (Å²) >= 11 is 3.27. The molecule has 0 aliphatic rings. The van der Waals surface area contributed by atoms with Crippen LogP contribution in [0.1, 0.15) is 30.6 Å². The molecule has 1 aromatic carbocycles. The van der Waals surface area contributed by atoms with Crippen LogP contribution in [-0.4, -0.2) is 17.7 Å². The maximum absolute atomic E-state index is 11.7. The number of amides is 1. The Bertz CT molecular complexity index is 387. The topological polar surface area (TPSA) is 46.2 Å². The molecule has 0 saturated carbocycles. The van der Waals surface area contributed by atoms with Crippen LogP contribution in [0.2, 0.25) is 0 Å². The van der Waals surface area contributed by atoms with Gasteiger partial charge in [-0.3, -0.25) is 9.59 Å².